The Morgan fingerprint density at radius 3 is 3.15 bits per heavy atom. The van der Waals surface area contributed by atoms with Gasteiger partial charge in [-0.25, -0.2) is 4.98 Å². The number of halogens is 2. The van der Waals surface area contributed by atoms with Gasteiger partial charge in [-0.3, -0.25) is 4.79 Å². The quantitative estimate of drug-likeness (QED) is 0.726. The Morgan fingerprint density at radius 1 is 1.55 bits per heavy atom. The first-order valence-electron chi connectivity index (χ1n) is 6.32. The smallest absolute Gasteiger partial charge is 0.257 e. The van der Waals surface area contributed by atoms with Crippen LogP contribution in [0, 0.1) is 0 Å². The summed E-state index contributed by atoms with van der Waals surface area (Å²) < 4.78 is 0.761. The highest BCUT2D eigenvalue weighted by Crippen LogP contribution is 2.36. The number of likely N-dealkylation sites (tertiary alicyclic amines) is 1. The number of carbonyl (C=O) groups excluding carboxylic acids is 1. The number of hydrogen-bond acceptors (Lipinski definition) is 3. The van der Waals surface area contributed by atoms with E-state index in [1.165, 1.54) is 4.88 Å². The highest BCUT2D eigenvalue weighted by atomic mass is 79.9. The molecule has 2 aromatic rings. The van der Waals surface area contributed by atoms with E-state index < -0.39 is 0 Å². The maximum Gasteiger partial charge on any atom is 0.257 e. The number of hydrogen-bond donors (Lipinski definition) is 0. The molecule has 1 fully saturated rings. The van der Waals surface area contributed by atoms with Crippen LogP contribution in [0.25, 0.3) is 0 Å². The molecular formula is C14H12BrClN2OS. The number of rotatable bonds is 2. The molecule has 104 valence electrons. The lowest BCUT2D eigenvalue weighted by Gasteiger charge is -2.24. The molecular weight excluding hydrogens is 360 g/mol. The minimum atomic E-state index is -0.0419. The van der Waals surface area contributed by atoms with Gasteiger partial charge in [-0.1, -0.05) is 17.7 Å². The fourth-order valence-corrected chi connectivity index (χ4v) is 3.90. The molecule has 1 atom stereocenters. The van der Waals surface area contributed by atoms with Crippen molar-refractivity contribution in [1.29, 1.82) is 0 Å². The van der Waals surface area contributed by atoms with Crippen molar-refractivity contribution in [2.75, 3.05) is 6.54 Å². The van der Waals surface area contributed by atoms with Crippen LogP contribution in [0.5, 0.6) is 0 Å². The Morgan fingerprint density at radius 2 is 2.40 bits per heavy atom. The van der Waals surface area contributed by atoms with E-state index >= 15 is 0 Å². The third kappa shape index (κ3) is 2.62. The van der Waals surface area contributed by atoms with Gasteiger partial charge in [0, 0.05) is 22.1 Å². The number of nitrogens with zero attached hydrogens (tertiary/aromatic N) is 2. The number of carbonyl (C=O) groups is 1. The first-order valence-corrected chi connectivity index (χ1v) is 8.37. The first kappa shape index (κ1) is 14.0. The summed E-state index contributed by atoms with van der Waals surface area (Å²) in [6, 6.07) is 6.01. The summed E-state index contributed by atoms with van der Waals surface area (Å²) in [4.78, 5) is 19.9. The fourth-order valence-electron chi connectivity index (χ4n) is 2.51. The predicted molar refractivity (Wildman–Crippen MR) is 84.3 cm³/mol. The van der Waals surface area contributed by atoms with E-state index in [0.29, 0.717) is 5.56 Å². The van der Waals surface area contributed by atoms with Gasteiger partial charge in [-0.2, -0.15) is 0 Å². The third-order valence-electron chi connectivity index (χ3n) is 3.42. The number of aromatic nitrogens is 1. The summed E-state index contributed by atoms with van der Waals surface area (Å²) in [6.07, 6.45) is 3.62. The molecule has 3 nitrogen and oxygen atoms in total. The largest absolute Gasteiger partial charge is 0.331 e. The second-order valence-electron chi connectivity index (χ2n) is 4.66. The maximum absolute atomic E-state index is 12.7. The van der Waals surface area contributed by atoms with Gasteiger partial charge in [0.25, 0.3) is 5.91 Å². The van der Waals surface area contributed by atoms with E-state index in [2.05, 4.69) is 27.0 Å². The molecule has 1 aliphatic rings. The summed E-state index contributed by atoms with van der Waals surface area (Å²) in [6.45, 7) is 0.768. The van der Waals surface area contributed by atoms with Crippen molar-refractivity contribution >= 4 is 44.8 Å². The fraction of sp³-hybridized carbons (Fsp3) is 0.286. The van der Waals surface area contributed by atoms with E-state index in [0.717, 1.165) is 23.9 Å². The molecule has 0 bridgehead atoms. The van der Waals surface area contributed by atoms with Crippen molar-refractivity contribution in [2.45, 2.75) is 18.9 Å². The van der Waals surface area contributed by atoms with Gasteiger partial charge >= 0.3 is 0 Å². The van der Waals surface area contributed by atoms with Gasteiger partial charge in [-0.05, 0) is 46.3 Å². The molecule has 1 aliphatic heterocycles. The number of thiophene rings is 1. The zero-order valence-electron chi connectivity index (χ0n) is 10.6. The minimum absolute atomic E-state index is 0.0419. The molecule has 3 heterocycles. The monoisotopic (exact) mass is 370 g/mol. The number of amides is 1. The van der Waals surface area contributed by atoms with Gasteiger partial charge < -0.3 is 4.90 Å². The summed E-state index contributed by atoms with van der Waals surface area (Å²) >= 11 is 11.1. The van der Waals surface area contributed by atoms with Crippen molar-refractivity contribution < 1.29 is 4.79 Å². The van der Waals surface area contributed by atoms with Gasteiger partial charge in [0.2, 0.25) is 0 Å². The summed E-state index contributed by atoms with van der Waals surface area (Å²) in [5.41, 5.74) is 0.462. The average molecular weight is 372 g/mol. The van der Waals surface area contributed by atoms with Crippen LogP contribution in [-0.2, 0) is 0 Å². The van der Waals surface area contributed by atoms with Crippen LogP contribution in [0.15, 0.2) is 34.2 Å². The van der Waals surface area contributed by atoms with E-state index in [4.69, 9.17) is 11.6 Å². The van der Waals surface area contributed by atoms with Crippen molar-refractivity contribution in [3.8, 4) is 0 Å². The second-order valence-corrected chi connectivity index (χ2v) is 6.92. The van der Waals surface area contributed by atoms with Crippen LogP contribution in [-0.4, -0.2) is 22.3 Å². The van der Waals surface area contributed by atoms with Crippen molar-refractivity contribution in [2.24, 2.45) is 0 Å². The maximum atomic E-state index is 12.7. The molecule has 6 heteroatoms. The third-order valence-corrected chi connectivity index (χ3v) is 5.13. The Labute approximate surface area is 134 Å². The number of pyridine rings is 1. The molecule has 0 spiro atoms. The average Bonchev–Trinajstić information content (AvgIpc) is 3.10. The van der Waals surface area contributed by atoms with Crippen LogP contribution in [0.2, 0.25) is 5.15 Å². The minimum Gasteiger partial charge on any atom is -0.331 e. The molecule has 1 saturated heterocycles. The lowest BCUT2D eigenvalue weighted by Crippen LogP contribution is -2.30. The predicted octanol–water partition coefficient (Wildman–Crippen LogP) is 4.54. The second kappa shape index (κ2) is 5.84. The highest BCUT2D eigenvalue weighted by molar-refractivity contribution is 9.10. The Balaban J connectivity index is 1.91. The molecule has 20 heavy (non-hydrogen) atoms. The molecule has 0 N–H and O–H groups in total. The van der Waals surface area contributed by atoms with Crippen LogP contribution >= 0.6 is 38.9 Å². The Kier molecular flexibility index (Phi) is 4.10. The zero-order valence-corrected chi connectivity index (χ0v) is 13.7. The van der Waals surface area contributed by atoms with Gasteiger partial charge in [-0.15, -0.1) is 11.3 Å². The molecule has 3 rings (SSSR count). The molecule has 0 aromatic carbocycles. The zero-order chi connectivity index (χ0) is 14.1. The SMILES string of the molecule is O=C(c1cc(Br)cnc1Cl)N1CCCC1c1cccs1. The molecule has 0 radical (unpaired) electrons. The highest BCUT2D eigenvalue weighted by Gasteiger charge is 2.32. The van der Waals surface area contributed by atoms with Gasteiger partial charge in [0.05, 0.1) is 11.6 Å². The van der Waals surface area contributed by atoms with Crippen LogP contribution in [0.1, 0.15) is 34.1 Å². The van der Waals surface area contributed by atoms with Crippen LogP contribution in [0.3, 0.4) is 0 Å². The lowest BCUT2D eigenvalue weighted by molar-refractivity contribution is 0.0737. The van der Waals surface area contributed by atoms with Crippen molar-refractivity contribution in [3.63, 3.8) is 0 Å². The summed E-state index contributed by atoms with van der Waals surface area (Å²) in [5.74, 6) is -0.0419. The van der Waals surface area contributed by atoms with E-state index in [-0.39, 0.29) is 17.1 Å². The van der Waals surface area contributed by atoms with Crippen molar-refractivity contribution in [1.82, 2.24) is 9.88 Å². The van der Waals surface area contributed by atoms with Crippen LogP contribution in [0.4, 0.5) is 0 Å². The molecule has 0 aliphatic carbocycles. The molecule has 0 saturated carbocycles. The summed E-state index contributed by atoms with van der Waals surface area (Å²) in [7, 11) is 0. The van der Waals surface area contributed by atoms with Crippen LogP contribution < -0.4 is 0 Å². The molecule has 2 aromatic heterocycles. The molecule has 1 amide bonds. The van der Waals surface area contributed by atoms with E-state index in [1.54, 1.807) is 23.6 Å². The molecule has 1 unspecified atom stereocenters. The lowest BCUT2D eigenvalue weighted by atomic mass is 10.1. The summed E-state index contributed by atoms with van der Waals surface area (Å²) in [5, 5.41) is 2.30. The Hall–Kier alpha value is -0.910. The van der Waals surface area contributed by atoms with Gasteiger partial charge in [0.15, 0.2) is 0 Å². The van der Waals surface area contributed by atoms with E-state index in [9.17, 15) is 4.79 Å². The Bertz CT molecular complexity index is 632. The topological polar surface area (TPSA) is 33.2 Å². The van der Waals surface area contributed by atoms with Crippen molar-refractivity contribution in [3.05, 3.63) is 49.8 Å². The van der Waals surface area contributed by atoms with E-state index in [1.807, 2.05) is 16.3 Å². The standard InChI is InChI=1S/C14H12BrClN2OS/c15-9-7-10(13(16)17-8-9)14(19)18-5-1-3-11(18)12-4-2-6-20-12/h2,4,6-8,11H,1,3,5H2. The normalized spacial score (nSPS) is 18.5. The van der Waals surface area contributed by atoms with Gasteiger partial charge in [0.1, 0.15) is 5.15 Å². The first-order chi connectivity index (χ1) is 9.66.